The molecule has 0 radical (unpaired) electrons. The largest absolute Gasteiger partial charge is 1.00 e. The van der Waals surface area contributed by atoms with Crippen LogP contribution in [0.5, 0.6) is 0 Å². The first-order valence-electron chi connectivity index (χ1n) is 0.866. The van der Waals surface area contributed by atoms with Gasteiger partial charge in [-0.25, -0.2) is 0 Å². The Kier molecular flexibility index (Phi) is 20.5. The monoisotopic (exact) mass is 65.0 g/mol. The standard InChI is InChI=1S/CH4BN.Na.H/c2-1-3;;/h1,3H,2H2;;/q;+1;-1. The van der Waals surface area contributed by atoms with Crippen molar-refractivity contribution in [3.8, 4) is 0 Å². The van der Waals surface area contributed by atoms with E-state index >= 15 is 0 Å². The maximum atomic E-state index is 6.08. The summed E-state index contributed by atoms with van der Waals surface area (Å²) in [6, 6.07) is 0. The third kappa shape index (κ3) is 15.2. The summed E-state index contributed by atoms with van der Waals surface area (Å²) in [6.45, 7) is 0. The van der Waals surface area contributed by atoms with Crippen LogP contribution in [0.3, 0.4) is 0 Å². The van der Waals surface area contributed by atoms with Crippen molar-refractivity contribution in [1.82, 2.24) is 0 Å². The first kappa shape index (κ1) is 8.83. The summed E-state index contributed by atoms with van der Waals surface area (Å²) in [5.74, 6) is 0. The van der Waals surface area contributed by atoms with Crippen LogP contribution in [0.25, 0.3) is 0 Å². The van der Waals surface area contributed by atoms with Gasteiger partial charge in [-0.2, -0.15) is 0 Å². The van der Waals surface area contributed by atoms with Crippen molar-refractivity contribution in [1.29, 1.82) is 5.41 Å². The molecule has 0 aromatic heterocycles. The van der Waals surface area contributed by atoms with Gasteiger partial charge < -0.3 is 6.84 Å². The molecule has 0 aliphatic rings. The second kappa shape index (κ2) is 9.28. The Labute approximate surface area is 50.5 Å². The van der Waals surface area contributed by atoms with E-state index < -0.39 is 0 Å². The fourth-order valence-corrected chi connectivity index (χ4v) is 0. The summed E-state index contributed by atoms with van der Waals surface area (Å²) in [4.78, 5) is 0. The minimum Gasteiger partial charge on any atom is -1.00 e. The van der Waals surface area contributed by atoms with Crippen LogP contribution in [-0.2, 0) is 0 Å². The van der Waals surface area contributed by atoms with E-state index in [1.165, 1.54) is 6.11 Å². The van der Waals surface area contributed by atoms with Crippen LogP contribution in [0.1, 0.15) is 1.43 Å². The van der Waals surface area contributed by atoms with Crippen LogP contribution >= 0.6 is 0 Å². The van der Waals surface area contributed by atoms with E-state index in [1.54, 1.807) is 7.85 Å². The molecule has 0 amide bonds. The molecular formula is CH5BNNa. The average molecular weight is 64.9 g/mol. The van der Waals surface area contributed by atoms with Crippen LogP contribution in [-0.4, -0.2) is 14.0 Å². The van der Waals surface area contributed by atoms with Gasteiger partial charge in [0.1, 0.15) is 0 Å². The van der Waals surface area contributed by atoms with E-state index in [0.717, 1.165) is 0 Å². The number of hydrogen-bond donors (Lipinski definition) is 1. The molecule has 3 heteroatoms. The van der Waals surface area contributed by atoms with Crippen molar-refractivity contribution >= 4 is 14.0 Å². The smallest absolute Gasteiger partial charge is 1.00 e. The third-order valence-electron chi connectivity index (χ3n) is 0. The fourth-order valence-electron chi connectivity index (χ4n) is 0. The van der Waals surface area contributed by atoms with Gasteiger partial charge >= 0.3 is 29.6 Å². The van der Waals surface area contributed by atoms with E-state index in [0.29, 0.717) is 0 Å². The first-order valence-corrected chi connectivity index (χ1v) is 0.866. The molecule has 0 atom stereocenters. The molecule has 0 saturated heterocycles. The zero-order valence-corrected chi connectivity index (χ0v) is 5.08. The molecule has 0 bridgehead atoms. The topological polar surface area (TPSA) is 23.9 Å². The molecule has 0 aliphatic heterocycles. The van der Waals surface area contributed by atoms with E-state index in [-0.39, 0.29) is 31.0 Å². The predicted octanol–water partition coefficient (Wildman–Crippen LogP) is -3.66. The molecule has 1 N–H and O–H groups in total. The van der Waals surface area contributed by atoms with Crippen molar-refractivity contribution in [2.45, 2.75) is 0 Å². The Morgan fingerprint density at radius 1 is 2.00 bits per heavy atom. The number of nitrogens with one attached hydrogen (secondary N) is 1. The molecule has 0 unspecified atom stereocenters. The van der Waals surface area contributed by atoms with Gasteiger partial charge in [0.25, 0.3) is 0 Å². The quantitative estimate of drug-likeness (QED) is 0.222. The zero-order chi connectivity index (χ0) is 2.71. The van der Waals surface area contributed by atoms with Crippen molar-refractivity contribution in [2.24, 2.45) is 0 Å². The van der Waals surface area contributed by atoms with Gasteiger partial charge in [0.05, 0.1) is 0 Å². The SMILES string of the molecule is BC=N.[H-].[Na+]. The van der Waals surface area contributed by atoms with Crippen LogP contribution in [0.4, 0.5) is 0 Å². The van der Waals surface area contributed by atoms with Crippen LogP contribution in [0, 0.1) is 5.41 Å². The van der Waals surface area contributed by atoms with Gasteiger partial charge in [-0.15, -0.1) is 0 Å². The summed E-state index contributed by atoms with van der Waals surface area (Å²) in [7, 11) is 1.67. The van der Waals surface area contributed by atoms with E-state index in [9.17, 15) is 0 Å². The molecular weight excluding hydrogens is 59.8 g/mol. The maximum Gasteiger partial charge on any atom is 1.00 e. The summed E-state index contributed by atoms with van der Waals surface area (Å²) in [5.41, 5.74) is 0. The molecule has 0 rings (SSSR count). The van der Waals surface area contributed by atoms with E-state index in [4.69, 9.17) is 5.41 Å². The molecule has 4 heavy (non-hydrogen) atoms. The Balaban J connectivity index is -0.0000000200. The molecule has 1 nitrogen and oxygen atoms in total. The first-order chi connectivity index (χ1) is 1.41. The molecule has 0 spiro atoms. The second-order valence-electron chi connectivity index (χ2n) is 0.289. The molecule has 0 aromatic carbocycles. The Morgan fingerprint density at radius 3 is 2.00 bits per heavy atom. The molecule has 0 aromatic rings. The van der Waals surface area contributed by atoms with Crippen LogP contribution in [0.15, 0.2) is 0 Å². The van der Waals surface area contributed by atoms with Gasteiger partial charge in [0.15, 0.2) is 7.85 Å². The maximum absolute atomic E-state index is 6.08. The van der Waals surface area contributed by atoms with Crippen molar-refractivity contribution in [3.05, 3.63) is 0 Å². The minimum absolute atomic E-state index is 0. The summed E-state index contributed by atoms with van der Waals surface area (Å²) in [5, 5.41) is 6.08. The number of hydrogen-bond acceptors (Lipinski definition) is 1. The van der Waals surface area contributed by atoms with Gasteiger partial charge in [0, 0.05) is 0 Å². The van der Waals surface area contributed by atoms with Gasteiger partial charge in [-0.1, -0.05) is 0 Å². The zero-order valence-electron chi connectivity index (χ0n) is 4.08. The number of rotatable bonds is 0. The molecule has 0 saturated carbocycles. The van der Waals surface area contributed by atoms with Gasteiger partial charge in [-0.3, -0.25) is 0 Å². The van der Waals surface area contributed by atoms with Crippen LogP contribution < -0.4 is 29.6 Å². The van der Waals surface area contributed by atoms with Crippen molar-refractivity contribution in [2.75, 3.05) is 0 Å². The Bertz CT molecular complexity index is 19.1. The third-order valence-corrected chi connectivity index (χ3v) is 0. The summed E-state index contributed by atoms with van der Waals surface area (Å²) < 4.78 is 0. The normalized spacial score (nSPS) is 3.00. The molecule has 0 fully saturated rings. The Morgan fingerprint density at radius 2 is 2.00 bits per heavy atom. The van der Waals surface area contributed by atoms with E-state index in [1.807, 2.05) is 0 Å². The Hall–Kier alpha value is 0.735. The van der Waals surface area contributed by atoms with Crippen molar-refractivity contribution < 1.29 is 31.0 Å². The van der Waals surface area contributed by atoms with Crippen LogP contribution in [0.2, 0.25) is 0 Å². The van der Waals surface area contributed by atoms with Crippen molar-refractivity contribution in [3.63, 3.8) is 0 Å². The summed E-state index contributed by atoms with van der Waals surface area (Å²) >= 11 is 0. The predicted molar refractivity (Wildman–Crippen MR) is 18.4 cm³/mol. The second-order valence-corrected chi connectivity index (χ2v) is 0.289. The van der Waals surface area contributed by atoms with Gasteiger partial charge in [-0.05, 0) is 6.11 Å². The van der Waals surface area contributed by atoms with Gasteiger partial charge in [0.2, 0.25) is 0 Å². The summed E-state index contributed by atoms with van der Waals surface area (Å²) in [6.07, 6.45) is 1.25. The molecule has 0 aliphatic carbocycles. The molecule has 18 valence electrons. The van der Waals surface area contributed by atoms with E-state index in [2.05, 4.69) is 0 Å². The molecule has 0 heterocycles. The fraction of sp³-hybridized carbons (Fsp3) is 0. The average Bonchev–Trinajstić information content (AvgIpc) is 0.918. The minimum atomic E-state index is 0.